The van der Waals surface area contributed by atoms with Gasteiger partial charge >= 0.3 is 7.12 Å². The number of nitrogens with one attached hydrogen (secondary N) is 1. The van der Waals surface area contributed by atoms with Gasteiger partial charge in [-0.05, 0) is 36.2 Å². The third-order valence-electron chi connectivity index (χ3n) is 3.78. The molecule has 1 rings (SSSR count). The Morgan fingerprint density at radius 3 is 2.22 bits per heavy atom. The molecule has 1 aromatic carbocycles. The van der Waals surface area contributed by atoms with Crippen LogP contribution in [-0.4, -0.2) is 28.8 Å². The fourth-order valence-electron chi connectivity index (χ4n) is 2.46. The van der Waals surface area contributed by atoms with E-state index in [1.165, 1.54) is 38.5 Å². The second kappa shape index (κ2) is 12.4. The summed E-state index contributed by atoms with van der Waals surface area (Å²) >= 11 is 4.20. The highest BCUT2D eigenvalue weighted by molar-refractivity contribution is 7.80. The lowest BCUT2D eigenvalue weighted by molar-refractivity contribution is -0.116. The molecule has 6 heteroatoms. The average molecular weight is 337 g/mol. The van der Waals surface area contributed by atoms with Crippen LogP contribution in [0.4, 0.5) is 5.69 Å². The van der Waals surface area contributed by atoms with Crippen molar-refractivity contribution in [3.8, 4) is 0 Å². The summed E-state index contributed by atoms with van der Waals surface area (Å²) in [4.78, 5) is 11.9. The van der Waals surface area contributed by atoms with E-state index in [2.05, 4.69) is 17.9 Å². The smallest absolute Gasteiger partial charge is 0.423 e. The number of unbranched alkanes of at least 4 members (excludes halogenated alkanes) is 7. The van der Waals surface area contributed by atoms with Gasteiger partial charge in [0.2, 0.25) is 5.91 Å². The van der Waals surface area contributed by atoms with Crippen molar-refractivity contribution < 1.29 is 14.8 Å². The standard InChI is InChI=1S/C17H28BNO3S/c20-17(12-7-5-3-1-2-4-6-8-13-23)19-16-11-9-10-15(14-16)18(21)22/h9-11,14,21-23H,1-8,12-13H2,(H,19,20). The molecule has 3 N–H and O–H groups in total. The summed E-state index contributed by atoms with van der Waals surface area (Å²) in [6, 6.07) is 6.62. The van der Waals surface area contributed by atoms with Gasteiger partial charge in [0.05, 0.1) is 0 Å². The van der Waals surface area contributed by atoms with Gasteiger partial charge in [-0.1, -0.05) is 50.7 Å². The minimum Gasteiger partial charge on any atom is -0.423 e. The largest absolute Gasteiger partial charge is 0.488 e. The number of hydrogen-bond acceptors (Lipinski definition) is 4. The van der Waals surface area contributed by atoms with E-state index in [4.69, 9.17) is 10.0 Å². The van der Waals surface area contributed by atoms with Crippen LogP contribution in [0.15, 0.2) is 24.3 Å². The summed E-state index contributed by atoms with van der Waals surface area (Å²) in [5, 5.41) is 21.0. The zero-order valence-corrected chi connectivity index (χ0v) is 14.6. The molecule has 4 nitrogen and oxygen atoms in total. The molecule has 0 aliphatic heterocycles. The van der Waals surface area contributed by atoms with Crippen LogP contribution < -0.4 is 10.8 Å². The quantitative estimate of drug-likeness (QED) is 0.269. The van der Waals surface area contributed by atoms with E-state index in [-0.39, 0.29) is 5.91 Å². The van der Waals surface area contributed by atoms with Crippen molar-refractivity contribution in [2.45, 2.75) is 57.8 Å². The first-order valence-corrected chi connectivity index (χ1v) is 9.13. The lowest BCUT2D eigenvalue weighted by Gasteiger charge is -2.07. The molecule has 0 aliphatic carbocycles. The van der Waals surface area contributed by atoms with Crippen LogP contribution in [-0.2, 0) is 4.79 Å². The van der Waals surface area contributed by atoms with Crippen LogP contribution >= 0.6 is 12.6 Å². The zero-order chi connectivity index (χ0) is 16.9. The summed E-state index contributed by atoms with van der Waals surface area (Å²) < 4.78 is 0. The zero-order valence-electron chi connectivity index (χ0n) is 13.7. The highest BCUT2D eigenvalue weighted by Crippen LogP contribution is 2.11. The normalized spacial score (nSPS) is 10.6. The number of rotatable bonds is 12. The van der Waals surface area contributed by atoms with Gasteiger partial charge in [-0.25, -0.2) is 0 Å². The van der Waals surface area contributed by atoms with Crippen molar-refractivity contribution in [2.75, 3.05) is 11.1 Å². The molecule has 0 bridgehead atoms. The molecule has 0 heterocycles. The van der Waals surface area contributed by atoms with E-state index in [0.29, 0.717) is 17.6 Å². The monoisotopic (exact) mass is 337 g/mol. The van der Waals surface area contributed by atoms with Crippen LogP contribution in [0.25, 0.3) is 0 Å². The Hall–Kier alpha value is -0.975. The number of anilines is 1. The Kier molecular flexibility index (Phi) is 10.9. The molecule has 1 aromatic rings. The molecule has 23 heavy (non-hydrogen) atoms. The van der Waals surface area contributed by atoms with Crippen LogP contribution in [0.5, 0.6) is 0 Å². The molecule has 0 saturated heterocycles. The lowest BCUT2D eigenvalue weighted by atomic mass is 9.80. The van der Waals surface area contributed by atoms with Crippen molar-refractivity contribution >= 4 is 36.8 Å². The van der Waals surface area contributed by atoms with Crippen LogP contribution in [0, 0.1) is 0 Å². The Morgan fingerprint density at radius 2 is 1.61 bits per heavy atom. The molecule has 128 valence electrons. The maximum atomic E-state index is 11.9. The van der Waals surface area contributed by atoms with Crippen LogP contribution in [0.1, 0.15) is 57.8 Å². The van der Waals surface area contributed by atoms with Crippen molar-refractivity contribution in [3.05, 3.63) is 24.3 Å². The third kappa shape index (κ3) is 9.69. The molecule has 1 amide bonds. The molecular weight excluding hydrogens is 309 g/mol. The number of benzene rings is 1. The summed E-state index contributed by atoms with van der Waals surface area (Å²) in [6.45, 7) is 0. The van der Waals surface area contributed by atoms with Crippen LogP contribution in [0.2, 0.25) is 0 Å². The SMILES string of the molecule is O=C(CCCCCCCCCCS)Nc1cccc(B(O)O)c1. The summed E-state index contributed by atoms with van der Waals surface area (Å²) in [7, 11) is -1.51. The minimum absolute atomic E-state index is 0.0247. The molecule has 0 spiro atoms. The Bertz CT molecular complexity index is 457. The van der Waals surface area contributed by atoms with Gasteiger partial charge in [0.1, 0.15) is 0 Å². The predicted octanol–water partition coefficient (Wildman–Crippen LogP) is 2.75. The first-order chi connectivity index (χ1) is 11.1. The molecule has 0 saturated carbocycles. The number of amides is 1. The maximum absolute atomic E-state index is 11.9. The third-order valence-corrected chi connectivity index (χ3v) is 4.10. The summed E-state index contributed by atoms with van der Waals surface area (Å²) in [6.07, 6.45) is 9.94. The topological polar surface area (TPSA) is 69.6 Å². The second-order valence-electron chi connectivity index (χ2n) is 5.85. The van der Waals surface area contributed by atoms with E-state index in [9.17, 15) is 4.79 Å². The minimum atomic E-state index is -1.51. The highest BCUT2D eigenvalue weighted by Gasteiger charge is 2.11. The summed E-state index contributed by atoms with van der Waals surface area (Å²) in [5.41, 5.74) is 0.977. The molecule has 0 aromatic heterocycles. The molecule has 0 unspecified atom stereocenters. The number of carbonyl (C=O) groups is 1. The Morgan fingerprint density at radius 1 is 1.00 bits per heavy atom. The number of carbonyl (C=O) groups excluding carboxylic acids is 1. The first-order valence-electron chi connectivity index (χ1n) is 8.50. The molecule has 0 aliphatic rings. The van der Waals surface area contributed by atoms with Crippen molar-refractivity contribution in [2.24, 2.45) is 0 Å². The van der Waals surface area contributed by atoms with E-state index in [1.807, 2.05) is 0 Å². The lowest BCUT2D eigenvalue weighted by Crippen LogP contribution is -2.30. The second-order valence-corrected chi connectivity index (χ2v) is 6.30. The van der Waals surface area contributed by atoms with E-state index in [1.54, 1.807) is 24.3 Å². The van der Waals surface area contributed by atoms with Gasteiger partial charge in [-0.3, -0.25) is 4.79 Å². The fourth-order valence-corrected chi connectivity index (χ4v) is 2.68. The number of thiol groups is 1. The molecule has 0 fully saturated rings. The van der Waals surface area contributed by atoms with Crippen molar-refractivity contribution in [1.82, 2.24) is 0 Å². The van der Waals surface area contributed by atoms with E-state index in [0.717, 1.165) is 18.6 Å². The highest BCUT2D eigenvalue weighted by atomic mass is 32.1. The van der Waals surface area contributed by atoms with Crippen molar-refractivity contribution in [3.63, 3.8) is 0 Å². The maximum Gasteiger partial charge on any atom is 0.488 e. The van der Waals surface area contributed by atoms with Gasteiger partial charge in [-0.15, -0.1) is 0 Å². The van der Waals surface area contributed by atoms with Gasteiger partial charge in [0, 0.05) is 12.1 Å². The van der Waals surface area contributed by atoms with Crippen molar-refractivity contribution in [1.29, 1.82) is 0 Å². The van der Waals surface area contributed by atoms with Gasteiger partial charge < -0.3 is 15.4 Å². The molecule has 0 atom stereocenters. The number of hydrogen-bond donors (Lipinski definition) is 4. The first kappa shape index (κ1) is 20.1. The molecular formula is C17H28BNO3S. The van der Waals surface area contributed by atoms with Crippen LogP contribution in [0.3, 0.4) is 0 Å². The fraction of sp³-hybridized carbons (Fsp3) is 0.588. The predicted molar refractivity (Wildman–Crippen MR) is 100 cm³/mol. The Labute approximate surface area is 145 Å². The van der Waals surface area contributed by atoms with Gasteiger partial charge in [0.25, 0.3) is 0 Å². The average Bonchev–Trinajstić information content (AvgIpc) is 2.53. The Balaban J connectivity index is 2.09. The van der Waals surface area contributed by atoms with E-state index >= 15 is 0 Å². The van der Waals surface area contributed by atoms with E-state index < -0.39 is 7.12 Å². The summed E-state index contributed by atoms with van der Waals surface area (Å²) in [5.74, 6) is 0.957. The van der Waals surface area contributed by atoms with Gasteiger partial charge in [-0.2, -0.15) is 12.6 Å². The molecule has 0 radical (unpaired) electrons. The van der Waals surface area contributed by atoms with Gasteiger partial charge in [0.15, 0.2) is 0 Å².